The van der Waals surface area contributed by atoms with E-state index < -0.39 is 23.3 Å². The molecule has 1 aromatic carbocycles. The number of aliphatic hydroxyl groups excluding tert-OH is 1. The molecule has 12 heteroatoms. The molecular formula is C30H38F2N6O4. The summed E-state index contributed by atoms with van der Waals surface area (Å²) in [5, 5.41) is 19.0. The van der Waals surface area contributed by atoms with Gasteiger partial charge in [-0.25, -0.2) is 23.7 Å². The summed E-state index contributed by atoms with van der Waals surface area (Å²) in [7, 11) is 0. The Morgan fingerprint density at radius 1 is 1.17 bits per heavy atom. The number of nitrogens with zero attached hydrogens (tertiary/aromatic N) is 4. The first-order chi connectivity index (χ1) is 20.1. The van der Waals surface area contributed by atoms with E-state index in [0.29, 0.717) is 62.4 Å². The van der Waals surface area contributed by atoms with Crippen molar-refractivity contribution in [2.24, 2.45) is 0 Å². The highest BCUT2D eigenvalue weighted by atomic mass is 19.2. The number of likely N-dealkylation sites (tertiary alicyclic amines) is 1. The minimum atomic E-state index is -0.897. The zero-order valence-electron chi connectivity index (χ0n) is 24.2. The number of carbonyl (C=O) groups excluding carboxylic acids is 1. The number of carbonyl (C=O) groups is 1. The molecule has 3 N–H and O–H groups in total. The van der Waals surface area contributed by atoms with Gasteiger partial charge in [0.25, 0.3) is 5.56 Å². The molecule has 0 bridgehead atoms. The molecule has 1 fully saturated rings. The number of rotatable bonds is 7. The Kier molecular flexibility index (Phi) is 8.74. The van der Waals surface area contributed by atoms with Crippen LogP contribution in [0.15, 0.2) is 35.3 Å². The highest BCUT2D eigenvalue weighted by molar-refractivity contribution is 5.74. The summed E-state index contributed by atoms with van der Waals surface area (Å²) in [6, 6.07) is 5.32. The summed E-state index contributed by atoms with van der Waals surface area (Å²) in [5.74, 6) is -1.46. The number of benzene rings is 1. The number of hydrogen-bond acceptors (Lipinski definition) is 6. The summed E-state index contributed by atoms with van der Waals surface area (Å²) >= 11 is 0. The van der Waals surface area contributed by atoms with Crippen LogP contribution in [0.3, 0.4) is 0 Å². The molecule has 3 aromatic rings. The topological polar surface area (TPSA) is 125 Å². The third kappa shape index (κ3) is 6.10. The first-order valence-corrected chi connectivity index (χ1v) is 14.4. The van der Waals surface area contributed by atoms with Crippen LogP contribution in [0.4, 0.5) is 13.6 Å². The number of imidazole rings is 1. The van der Waals surface area contributed by atoms with Crippen molar-refractivity contribution in [1.29, 1.82) is 0 Å². The maximum Gasteiger partial charge on any atom is 0.317 e. The number of piperidine rings is 1. The summed E-state index contributed by atoms with van der Waals surface area (Å²) in [4.78, 5) is 32.2. The Labute approximate surface area is 243 Å². The Hall–Kier alpha value is -3.64. The highest BCUT2D eigenvalue weighted by Crippen LogP contribution is 2.38. The number of urea groups is 1. The lowest BCUT2D eigenvalue weighted by molar-refractivity contribution is -0.0421. The fourth-order valence-electron chi connectivity index (χ4n) is 6.21. The highest BCUT2D eigenvalue weighted by Gasteiger charge is 2.36. The van der Waals surface area contributed by atoms with Crippen molar-refractivity contribution in [3.05, 3.63) is 80.8 Å². The zero-order chi connectivity index (χ0) is 30.0. The van der Waals surface area contributed by atoms with Crippen molar-refractivity contribution in [3.63, 3.8) is 0 Å². The van der Waals surface area contributed by atoms with E-state index in [4.69, 9.17) is 4.74 Å². The summed E-state index contributed by atoms with van der Waals surface area (Å²) in [6.45, 7) is 6.84. The lowest BCUT2D eigenvalue weighted by atomic mass is 9.90. The lowest BCUT2D eigenvalue weighted by Crippen LogP contribution is -2.46. The smallest absolute Gasteiger partial charge is 0.317 e. The maximum atomic E-state index is 14.9. The molecule has 0 saturated carbocycles. The van der Waals surface area contributed by atoms with Gasteiger partial charge < -0.3 is 24.6 Å². The van der Waals surface area contributed by atoms with E-state index in [1.165, 1.54) is 6.07 Å². The number of amides is 2. The van der Waals surface area contributed by atoms with E-state index >= 15 is 0 Å². The number of aromatic amines is 1. The molecule has 42 heavy (non-hydrogen) atoms. The van der Waals surface area contributed by atoms with Crippen LogP contribution in [-0.2, 0) is 16.9 Å². The molecule has 2 aliphatic rings. The second-order valence-electron chi connectivity index (χ2n) is 11.7. The van der Waals surface area contributed by atoms with Crippen molar-refractivity contribution >= 4 is 6.03 Å². The average molecular weight is 585 g/mol. The molecule has 2 aliphatic heterocycles. The van der Waals surface area contributed by atoms with Gasteiger partial charge in [-0.2, -0.15) is 5.10 Å². The van der Waals surface area contributed by atoms with Gasteiger partial charge >= 0.3 is 6.03 Å². The molecule has 10 nitrogen and oxygen atoms in total. The van der Waals surface area contributed by atoms with Gasteiger partial charge in [0.05, 0.1) is 36.8 Å². The summed E-state index contributed by atoms with van der Waals surface area (Å²) in [5.41, 5.74) is 1.41. The van der Waals surface area contributed by atoms with Crippen molar-refractivity contribution in [2.75, 3.05) is 26.3 Å². The van der Waals surface area contributed by atoms with Crippen molar-refractivity contribution in [3.8, 4) is 0 Å². The fraction of sp³-hybridized carbons (Fsp3) is 0.533. The molecule has 0 aliphatic carbocycles. The molecule has 5 rings (SSSR count). The molecule has 0 spiro atoms. The molecule has 2 aromatic heterocycles. The quantitative estimate of drug-likeness (QED) is 0.386. The van der Waals surface area contributed by atoms with Crippen LogP contribution in [0.25, 0.3) is 0 Å². The maximum absolute atomic E-state index is 14.9. The van der Waals surface area contributed by atoms with Crippen LogP contribution in [0.2, 0.25) is 0 Å². The fourth-order valence-corrected chi connectivity index (χ4v) is 6.21. The van der Waals surface area contributed by atoms with Crippen LogP contribution in [-0.4, -0.2) is 62.1 Å². The van der Waals surface area contributed by atoms with Gasteiger partial charge in [0.15, 0.2) is 11.6 Å². The first-order valence-electron chi connectivity index (χ1n) is 14.4. The largest absolute Gasteiger partial charge is 0.394 e. The Bertz CT molecular complexity index is 1480. The van der Waals surface area contributed by atoms with Crippen LogP contribution >= 0.6 is 0 Å². The van der Waals surface area contributed by atoms with E-state index in [1.54, 1.807) is 17.2 Å². The third-order valence-corrected chi connectivity index (χ3v) is 8.48. The number of aliphatic hydroxyl groups is 1. The molecule has 0 unspecified atom stereocenters. The van der Waals surface area contributed by atoms with E-state index in [0.717, 1.165) is 11.8 Å². The molecule has 2 amide bonds. The van der Waals surface area contributed by atoms with Crippen LogP contribution in [0.1, 0.15) is 85.7 Å². The van der Waals surface area contributed by atoms with Crippen molar-refractivity contribution in [1.82, 2.24) is 30.0 Å². The Balaban J connectivity index is 1.37. The van der Waals surface area contributed by atoms with Gasteiger partial charge in [0, 0.05) is 31.1 Å². The number of ether oxygens (including phenoxy) is 1. The Morgan fingerprint density at radius 3 is 2.67 bits per heavy atom. The minimum Gasteiger partial charge on any atom is -0.394 e. The number of H-pyrrole nitrogens is 1. The molecule has 226 valence electrons. The Morgan fingerprint density at radius 2 is 1.93 bits per heavy atom. The average Bonchev–Trinajstić information content (AvgIpc) is 3.33. The van der Waals surface area contributed by atoms with Crippen LogP contribution < -0.4 is 10.9 Å². The number of halogens is 2. The standard InChI is InChI=1S/C30H38F2N6O4/c1-18-15-22(28(40)36-35-18)19-9-11-37(12-10-19)29(41)34-24-8-7-20(21-5-4-6-23(31)26(21)32)17-38-25(16-33-27(24)38)30(2,3)42-14-13-39/h4-6,15-16,19-20,24,39H,7-14,17H2,1-3H3,(H,34,41)(H,36,40)/t20-,24-/m1/s1. The molecule has 0 radical (unpaired) electrons. The summed E-state index contributed by atoms with van der Waals surface area (Å²) in [6.07, 6.45) is 3.97. The minimum absolute atomic E-state index is 0.0434. The predicted molar refractivity (Wildman–Crippen MR) is 151 cm³/mol. The van der Waals surface area contributed by atoms with Gasteiger partial charge in [-0.1, -0.05) is 12.1 Å². The number of hydrogen-bond donors (Lipinski definition) is 3. The van der Waals surface area contributed by atoms with Gasteiger partial charge in [0.2, 0.25) is 0 Å². The zero-order valence-corrected chi connectivity index (χ0v) is 24.2. The SMILES string of the molecule is Cc1cc(C2CCN(C(=O)N[C@@H]3CC[C@@H](c4cccc(F)c4F)Cn4c(C(C)(C)OCCO)cnc43)CC2)c(=O)[nH]n1. The molecule has 2 atom stereocenters. The number of aromatic nitrogens is 4. The van der Waals surface area contributed by atoms with Gasteiger partial charge in [0.1, 0.15) is 11.4 Å². The van der Waals surface area contributed by atoms with Crippen LogP contribution in [0.5, 0.6) is 0 Å². The second-order valence-corrected chi connectivity index (χ2v) is 11.7. The third-order valence-electron chi connectivity index (χ3n) is 8.48. The number of nitrogens with one attached hydrogen (secondary N) is 2. The van der Waals surface area contributed by atoms with Crippen molar-refractivity contribution < 1.29 is 23.4 Å². The molecule has 1 saturated heterocycles. The van der Waals surface area contributed by atoms with E-state index in [-0.39, 0.29) is 42.2 Å². The first kappa shape index (κ1) is 29.8. The second kappa shape index (κ2) is 12.3. The van der Waals surface area contributed by atoms with Gasteiger partial charge in [-0.3, -0.25) is 4.79 Å². The van der Waals surface area contributed by atoms with E-state index in [2.05, 4.69) is 20.5 Å². The normalized spacial score (nSPS) is 19.8. The monoisotopic (exact) mass is 584 g/mol. The predicted octanol–water partition coefficient (Wildman–Crippen LogP) is 4.00. The van der Waals surface area contributed by atoms with Crippen molar-refractivity contribution in [2.45, 2.75) is 76.5 Å². The molecule has 4 heterocycles. The molecular weight excluding hydrogens is 546 g/mol. The van der Waals surface area contributed by atoms with Gasteiger partial charge in [-0.05, 0) is 70.1 Å². The van der Waals surface area contributed by atoms with Gasteiger partial charge in [-0.15, -0.1) is 0 Å². The van der Waals surface area contributed by atoms with E-state index in [9.17, 15) is 23.5 Å². The van der Waals surface area contributed by atoms with E-state index in [1.807, 2.05) is 31.4 Å². The number of aryl methyl sites for hydroxylation is 1. The number of fused-ring (bicyclic) bond motifs is 1. The summed E-state index contributed by atoms with van der Waals surface area (Å²) < 4.78 is 37.0. The lowest BCUT2D eigenvalue weighted by Gasteiger charge is -2.33. The van der Waals surface area contributed by atoms with Crippen LogP contribution in [0, 0.1) is 18.6 Å².